The van der Waals surface area contributed by atoms with Crippen molar-refractivity contribution < 1.29 is 18.0 Å². The fourth-order valence-corrected chi connectivity index (χ4v) is 4.18. The number of rotatable bonds is 4. The number of sulfonamides is 1. The van der Waals surface area contributed by atoms with Crippen molar-refractivity contribution in [3.8, 4) is 0 Å². The van der Waals surface area contributed by atoms with E-state index in [1.54, 1.807) is 31.3 Å². The largest absolute Gasteiger partial charge is 0.315 e. The van der Waals surface area contributed by atoms with Gasteiger partial charge >= 0.3 is 0 Å². The van der Waals surface area contributed by atoms with Gasteiger partial charge in [0.25, 0.3) is 15.9 Å². The first-order valence-electron chi connectivity index (χ1n) is 7.40. The molecule has 0 atom stereocenters. The standard InChI is InChI=1S/C17H16N2O4S/c1-18(13-7-3-2-4-8-13)16(20)11-12-19-17(21)14-9-5-6-10-15(14)24(19,22)23/h2-10H,11-12H2,1H3. The molecule has 24 heavy (non-hydrogen) atoms. The number of amides is 2. The van der Waals surface area contributed by atoms with E-state index in [9.17, 15) is 18.0 Å². The van der Waals surface area contributed by atoms with Crippen LogP contribution in [-0.2, 0) is 14.8 Å². The van der Waals surface area contributed by atoms with Crippen molar-refractivity contribution in [1.82, 2.24) is 4.31 Å². The summed E-state index contributed by atoms with van der Waals surface area (Å²) in [5.41, 5.74) is 0.864. The Morgan fingerprint density at radius 1 is 1.04 bits per heavy atom. The first kappa shape index (κ1) is 16.2. The zero-order chi connectivity index (χ0) is 17.3. The smallest absolute Gasteiger partial charge is 0.269 e. The van der Waals surface area contributed by atoms with E-state index in [0.29, 0.717) is 5.69 Å². The summed E-state index contributed by atoms with van der Waals surface area (Å²) < 4.78 is 25.6. The molecule has 1 aliphatic heterocycles. The third-order valence-corrected chi connectivity index (χ3v) is 5.80. The molecule has 7 heteroatoms. The van der Waals surface area contributed by atoms with Crippen LogP contribution in [0.1, 0.15) is 16.8 Å². The van der Waals surface area contributed by atoms with Gasteiger partial charge in [-0.15, -0.1) is 0 Å². The van der Waals surface area contributed by atoms with Crippen LogP contribution < -0.4 is 4.90 Å². The molecule has 1 heterocycles. The van der Waals surface area contributed by atoms with Crippen molar-refractivity contribution in [2.75, 3.05) is 18.5 Å². The predicted octanol–water partition coefficient (Wildman–Crippen LogP) is 1.88. The summed E-state index contributed by atoms with van der Waals surface area (Å²) in [6, 6.07) is 15.1. The highest BCUT2D eigenvalue weighted by Crippen LogP contribution is 2.30. The highest BCUT2D eigenvalue weighted by Gasteiger charge is 2.40. The number of benzene rings is 2. The van der Waals surface area contributed by atoms with E-state index in [0.717, 1.165) is 4.31 Å². The van der Waals surface area contributed by atoms with Crippen LogP contribution in [0.15, 0.2) is 59.5 Å². The number of hydrogen-bond donors (Lipinski definition) is 0. The fourth-order valence-electron chi connectivity index (χ4n) is 2.61. The number of nitrogens with zero attached hydrogens (tertiary/aromatic N) is 2. The van der Waals surface area contributed by atoms with Crippen LogP contribution in [0.25, 0.3) is 0 Å². The summed E-state index contributed by atoms with van der Waals surface area (Å²) in [6.07, 6.45) is -0.0790. The van der Waals surface area contributed by atoms with E-state index in [2.05, 4.69) is 0 Å². The number of carbonyl (C=O) groups is 2. The second-order valence-electron chi connectivity index (χ2n) is 5.42. The van der Waals surface area contributed by atoms with Crippen LogP contribution >= 0.6 is 0 Å². The van der Waals surface area contributed by atoms with Crippen molar-refractivity contribution in [2.24, 2.45) is 0 Å². The Labute approximate surface area is 140 Å². The summed E-state index contributed by atoms with van der Waals surface area (Å²) in [6.45, 7) is -0.175. The predicted molar refractivity (Wildman–Crippen MR) is 89.1 cm³/mol. The van der Waals surface area contributed by atoms with Crippen molar-refractivity contribution in [3.63, 3.8) is 0 Å². The second-order valence-corrected chi connectivity index (χ2v) is 7.25. The zero-order valence-electron chi connectivity index (χ0n) is 13.0. The van der Waals surface area contributed by atoms with E-state index in [-0.39, 0.29) is 29.3 Å². The van der Waals surface area contributed by atoms with Gasteiger partial charge in [0.15, 0.2) is 0 Å². The van der Waals surface area contributed by atoms with E-state index in [1.165, 1.54) is 17.0 Å². The Morgan fingerprint density at radius 2 is 1.67 bits per heavy atom. The Kier molecular flexibility index (Phi) is 4.11. The van der Waals surface area contributed by atoms with Gasteiger partial charge in [0, 0.05) is 25.7 Å². The highest BCUT2D eigenvalue weighted by atomic mass is 32.2. The molecule has 0 radical (unpaired) electrons. The third-order valence-electron chi connectivity index (χ3n) is 3.96. The molecule has 6 nitrogen and oxygen atoms in total. The lowest BCUT2D eigenvalue weighted by Gasteiger charge is -2.19. The zero-order valence-corrected chi connectivity index (χ0v) is 13.9. The van der Waals surface area contributed by atoms with Gasteiger partial charge in [-0.25, -0.2) is 12.7 Å². The molecule has 0 saturated heterocycles. The number of carbonyl (C=O) groups excluding carboxylic acids is 2. The van der Waals surface area contributed by atoms with Gasteiger partial charge in [0.1, 0.15) is 4.90 Å². The van der Waals surface area contributed by atoms with Crippen molar-refractivity contribution in [1.29, 1.82) is 0 Å². The van der Waals surface area contributed by atoms with E-state index < -0.39 is 15.9 Å². The quantitative estimate of drug-likeness (QED) is 0.849. The van der Waals surface area contributed by atoms with Crippen LogP contribution in [0.3, 0.4) is 0 Å². The van der Waals surface area contributed by atoms with Gasteiger partial charge in [-0.2, -0.15) is 0 Å². The van der Waals surface area contributed by atoms with Crippen molar-refractivity contribution in [3.05, 3.63) is 60.2 Å². The summed E-state index contributed by atoms with van der Waals surface area (Å²) in [4.78, 5) is 26.0. The minimum Gasteiger partial charge on any atom is -0.315 e. The third kappa shape index (κ3) is 2.67. The minimum absolute atomic E-state index is 0.00105. The van der Waals surface area contributed by atoms with Gasteiger partial charge in [0.2, 0.25) is 5.91 Å². The van der Waals surface area contributed by atoms with Gasteiger partial charge < -0.3 is 4.90 Å². The van der Waals surface area contributed by atoms with Crippen molar-refractivity contribution >= 4 is 27.5 Å². The van der Waals surface area contributed by atoms with Crippen LogP contribution in [0.2, 0.25) is 0 Å². The summed E-state index contributed by atoms with van der Waals surface area (Å²) >= 11 is 0. The molecule has 124 valence electrons. The molecule has 0 aliphatic carbocycles. The fraction of sp³-hybridized carbons (Fsp3) is 0.176. The molecular formula is C17H16N2O4S. The summed E-state index contributed by atoms with van der Waals surface area (Å²) in [5, 5.41) is 0. The van der Waals surface area contributed by atoms with Crippen LogP contribution in [0.5, 0.6) is 0 Å². The number of fused-ring (bicyclic) bond motifs is 1. The molecule has 0 fully saturated rings. The lowest BCUT2D eigenvalue weighted by Crippen LogP contribution is -2.35. The first-order valence-corrected chi connectivity index (χ1v) is 8.84. The monoisotopic (exact) mass is 344 g/mol. The van der Waals surface area contributed by atoms with Crippen LogP contribution in [0, 0.1) is 0 Å². The van der Waals surface area contributed by atoms with Gasteiger partial charge in [-0.05, 0) is 24.3 Å². The lowest BCUT2D eigenvalue weighted by atomic mass is 10.2. The van der Waals surface area contributed by atoms with Crippen LogP contribution in [-0.4, -0.2) is 38.1 Å². The molecule has 0 aromatic heterocycles. The topological polar surface area (TPSA) is 74.8 Å². The molecule has 0 N–H and O–H groups in total. The summed E-state index contributed by atoms with van der Waals surface area (Å²) in [7, 11) is -2.25. The average molecular weight is 344 g/mol. The first-order chi connectivity index (χ1) is 11.4. The average Bonchev–Trinajstić information content (AvgIpc) is 2.80. The molecule has 2 aromatic carbocycles. The highest BCUT2D eigenvalue weighted by molar-refractivity contribution is 7.90. The molecule has 2 amide bonds. The normalized spacial score (nSPS) is 15.2. The molecular weight excluding hydrogens is 328 g/mol. The lowest BCUT2D eigenvalue weighted by molar-refractivity contribution is -0.118. The van der Waals surface area contributed by atoms with Crippen LogP contribution in [0.4, 0.5) is 5.69 Å². The van der Waals surface area contributed by atoms with Gasteiger partial charge in [-0.1, -0.05) is 30.3 Å². The molecule has 2 aromatic rings. The molecule has 0 spiro atoms. The maximum atomic E-state index is 12.4. The Bertz CT molecular complexity index is 894. The molecule has 0 unspecified atom stereocenters. The van der Waals surface area contributed by atoms with E-state index in [1.807, 2.05) is 18.2 Å². The Morgan fingerprint density at radius 3 is 2.33 bits per heavy atom. The molecule has 3 rings (SSSR count). The second kappa shape index (κ2) is 6.09. The Balaban J connectivity index is 1.74. The maximum Gasteiger partial charge on any atom is 0.269 e. The summed E-state index contributed by atoms with van der Waals surface area (Å²) in [5.74, 6) is -0.846. The van der Waals surface area contributed by atoms with Crippen molar-refractivity contribution in [2.45, 2.75) is 11.3 Å². The number of hydrogen-bond acceptors (Lipinski definition) is 4. The van der Waals surface area contributed by atoms with Gasteiger partial charge in [0.05, 0.1) is 5.56 Å². The number of anilines is 1. The maximum absolute atomic E-state index is 12.4. The van der Waals surface area contributed by atoms with E-state index >= 15 is 0 Å². The molecule has 0 bridgehead atoms. The Hall–Kier alpha value is -2.67. The number of para-hydroxylation sites is 1. The molecule has 0 saturated carbocycles. The SMILES string of the molecule is CN(C(=O)CCN1C(=O)c2ccccc2S1(=O)=O)c1ccccc1. The van der Waals surface area contributed by atoms with E-state index in [4.69, 9.17) is 0 Å². The minimum atomic E-state index is -3.87. The van der Waals surface area contributed by atoms with Gasteiger partial charge in [-0.3, -0.25) is 9.59 Å². The molecule has 1 aliphatic rings.